The molecule has 104 valence electrons. The molecule has 0 unspecified atom stereocenters. The van der Waals surface area contributed by atoms with Crippen LogP contribution in [0.4, 0.5) is 5.13 Å². The summed E-state index contributed by atoms with van der Waals surface area (Å²) in [7, 11) is 0. The van der Waals surface area contributed by atoms with Gasteiger partial charge in [-0.15, -0.1) is 4.33 Å². The number of nitrogens with zero attached hydrogens (tertiary/aromatic N) is 2. The Balaban J connectivity index is 2.10. The summed E-state index contributed by atoms with van der Waals surface area (Å²) in [4.78, 5) is 9.74. The molecule has 0 atom stereocenters. The van der Waals surface area contributed by atoms with Gasteiger partial charge in [-0.2, -0.15) is 5.06 Å². The van der Waals surface area contributed by atoms with Crippen LogP contribution in [0.25, 0.3) is 10.2 Å². The molecule has 0 spiro atoms. The lowest BCUT2D eigenvalue weighted by Crippen LogP contribution is -2.27. The highest BCUT2D eigenvalue weighted by Crippen LogP contribution is 2.28. The molecule has 1 aromatic heterocycles. The van der Waals surface area contributed by atoms with E-state index < -0.39 is 0 Å². The van der Waals surface area contributed by atoms with E-state index in [0.717, 1.165) is 27.4 Å². The largest absolute Gasteiger partial charge is 0.380 e. The standard InChI is InChI=1S/C12H16N2O3S2/c1-3-15-9-8-14(16-17-18-2)12-13-10-6-4-5-7-11(10)19-12/h4-7H,3,8-9H2,1-2H3. The summed E-state index contributed by atoms with van der Waals surface area (Å²) in [5, 5.41) is 2.37. The van der Waals surface area contributed by atoms with Gasteiger partial charge in [0.05, 0.1) is 23.4 Å². The second-order valence-electron chi connectivity index (χ2n) is 3.57. The number of ether oxygens (including phenoxy) is 1. The van der Waals surface area contributed by atoms with Crippen molar-refractivity contribution < 1.29 is 14.1 Å². The summed E-state index contributed by atoms with van der Waals surface area (Å²) >= 11 is 2.70. The molecule has 0 saturated carbocycles. The minimum Gasteiger partial charge on any atom is -0.380 e. The molecule has 2 aromatic rings. The van der Waals surface area contributed by atoms with Crippen molar-refractivity contribution in [2.75, 3.05) is 31.1 Å². The van der Waals surface area contributed by atoms with E-state index in [1.165, 1.54) is 0 Å². The Bertz CT molecular complexity index is 473. The number of rotatable bonds is 8. The van der Waals surface area contributed by atoms with Crippen LogP contribution in [-0.4, -0.2) is 31.0 Å². The normalized spacial score (nSPS) is 11.1. The quantitative estimate of drug-likeness (QED) is 0.323. The molecule has 0 amide bonds. The van der Waals surface area contributed by atoms with Crippen LogP contribution in [0.3, 0.4) is 0 Å². The zero-order valence-electron chi connectivity index (χ0n) is 10.9. The highest BCUT2D eigenvalue weighted by molar-refractivity contribution is 7.93. The lowest BCUT2D eigenvalue weighted by atomic mass is 10.3. The van der Waals surface area contributed by atoms with E-state index in [-0.39, 0.29) is 0 Å². The fourth-order valence-electron chi connectivity index (χ4n) is 1.49. The summed E-state index contributed by atoms with van der Waals surface area (Å²) in [6.45, 7) is 3.76. The number of aromatic nitrogens is 1. The Morgan fingerprint density at radius 1 is 1.37 bits per heavy atom. The minimum atomic E-state index is 0.560. The van der Waals surface area contributed by atoms with Crippen LogP contribution in [0.15, 0.2) is 24.3 Å². The van der Waals surface area contributed by atoms with Crippen molar-refractivity contribution in [2.45, 2.75) is 6.92 Å². The second-order valence-corrected chi connectivity index (χ2v) is 5.05. The fraction of sp³-hybridized carbons (Fsp3) is 0.417. The van der Waals surface area contributed by atoms with E-state index >= 15 is 0 Å². The summed E-state index contributed by atoms with van der Waals surface area (Å²) < 4.78 is 11.4. The lowest BCUT2D eigenvalue weighted by molar-refractivity contribution is -0.205. The SMILES string of the molecule is CCOCCN(OOSC)c1nc2ccccc2s1. The molecule has 7 heteroatoms. The first-order valence-electron chi connectivity index (χ1n) is 5.93. The third kappa shape index (κ3) is 4.05. The van der Waals surface area contributed by atoms with Crippen LogP contribution in [-0.2, 0) is 14.1 Å². The third-order valence-corrected chi connectivity index (χ3v) is 3.57. The maximum Gasteiger partial charge on any atom is 0.213 e. The summed E-state index contributed by atoms with van der Waals surface area (Å²) in [6.07, 6.45) is 1.79. The smallest absolute Gasteiger partial charge is 0.213 e. The van der Waals surface area contributed by atoms with Gasteiger partial charge in [0, 0.05) is 24.9 Å². The van der Waals surface area contributed by atoms with Gasteiger partial charge in [0.1, 0.15) is 0 Å². The van der Waals surface area contributed by atoms with Gasteiger partial charge in [-0.05, 0) is 19.1 Å². The van der Waals surface area contributed by atoms with E-state index in [1.807, 2.05) is 31.2 Å². The average molecular weight is 300 g/mol. The van der Waals surface area contributed by atoms with Gasteiger partial charge >= 0.3 is 0 Å². The molecule has 0 saturated heterocycles. The van der Waals surface area contributed by atoms with Crippen LogP contribution in [0.2, 0.25) is 0 Å². The molecule has 0 bridgehead atoms. The molecule has 2 rings (SSSR count). The summed E-state index contributed by atoms with van der Waals surface area (Å²) in [5.41, 5.74) is 0.955. The van der Waals surface area contributed by atoms with Crippen LogP contribution in [0, 0.1) is 0 Å². The van der Waals surface area contributed by atoms with E-state index in [2.05, 4.69) is 4.98 Å². The van der Waals surface area contributed by atoms with E-state index in [9.17, 15) is 0 Å². The summed E-state index contributed by atoms with van der Waals surface area (Å²) in [5.74, 6) is 0. The number of hydrogen-bond acceptors (Lipinski definition) is 7. The fourth-order valence-corrected chi connectivity index (χ4v) is 2.55. The molecule has 0 aliphatic heterocycles. The van der Waals surface area contributed by atoms with Gasteiger partial charge in [0.2, 0.25) is 5.13 Å². The van der Waals surface area contributed by atoms with Crippen molar-refractivity contribution in [2.24, 2.45) is 0 Å². The van der Waals surface area contributed by atoms with Crippen molar-refractivity contribution in [1.82, 2.24) is 4.98 Å². The predicted octanol–water partition coefficient (Wildman–Crippen LogP) is 3.28. The Morgan fingerprint density at radius 3 is 2.95 bits per heavy atom. The maximum atomic E-state index is 5.33. The first-order chi connectivity index (χ1) is 9.35. The Morgan fingerprint density at radius 2 is 2.21 bits per heavy atom. The van der Waals surface area contributed by atoms with E-state index in [1.54, 1.807) is 22.7 Å². The number of fused-ring (bicyclic) bond motifs is 1. The molecule has 0 fully saturated rings. The van der Waals surface area contributed by atoms with E-state index in [4.69, 9.17) is 14.1 Å². The molecular formula is C12H16N2O3S2. The lowest BCUT2D eigenvalue weighted by Gasteiger charge is -2.17. The minimum absolute atomic E-state index is 0.560. The first kappa shape index (κ1) is 14.5. The zero-order chi connectivity index (χ0) is 13.5. The molecule has 1 aromatic carbocycles. The molecular weight excluding hydrogens is 284 g/mol. The molecule has 0 aliphatic carbocycles. The van der Waals surface area contributed by atoms with Gasteiger partial charge in [-0.25, -0.2) is 4.98 Å². The van der Waals surface area contributed by atoms with E-state index in [0.29, 0.717) is 19.8 Å². The molecule has 0 aliphatic rings. The Hall–Kier alpha value is -0.860. The number of hydrogen-bond donors (Lipinski definition) is 0. The number of para-hydroxylation sites is 1. The topological polar surface area (TPSA) is 43.8 Å². The zero-order valence-corrected chi connectivity index (χ0v) is 12.5. The van der Waals surface area contributed by atoms with Crippen LogP contribution in [0.5, 0.6) is 0 Å². The second kappa shape index (κ2) is 7.66. The molecule has 0 radical (unpaired) electrons. The van der Waals surface area contributed by atoms with Crippen LogP contribution < -0.4 is 5.06 Å². The number of hydroxylamine groups is 1. The van der Waals surface area contributed by atoms with Crippen LogP contribution >= 0.6 is 23.4 Å². The van der Waals surface area contributed by atoms with Crippen LogP contribution in [0.1, 0.15) is 6.92 Å². The molecule has 0 N–H and O–H groups in total. The first-order valence-corrected chi connectivity index (χ1v) is 7.90. The van der Waals surface area contributed by atoms with Gasteiger partial charge < -0.3 is 4.74 Å². The van der Waals surface area contributed by atoms with Crippen molar-refractivity contribution in [3.8, 4) is 0 Å². The van der Waals surface area contributed by atoms with Gasteiger partial charge in [-0.3, -0.25) is 0 Å². The molecule has 19 heavy (non-hydrogen) atoms. The van der Waals surface area contributed by atoms with Gasteiger partial charge in [0.15, 0.2) is 0 Å². The van der Waals surface area contributed by atoms with Gasteiger partial charge in [0.25, 0.3) is 0 Å². The Kier molecular flexibility index (Phi) is 5.87. The maximum absolute atomic E-state index is 5.33. The highest BCUT2D eigenvalue weighted by Gasteiger charge is 2.14. The number of thiazole rings is 1. The van der Waals surface area contributed by atoms with Crippen molar-refractivity contribution in [1.29, 1.82) is 0 Å². The third-order valence-electron chi connectivity index (χ3n) is 2.33. The van der Waals surface area contributed by atoms with Crippen molar-refractivity contribution >= 4 is 38.7 Å². The molecule has 1 heterocycles. The number of benzene rings is 1. The Labute approximate surface area is 120 Å². The predicted molar refractivity (Wildman–Crippen MR) is 79.1 cm³/mol. The van der Waals surface area contributed by atoms with Gasteiger partial charge in [-0.1, -0.05) is 28.5 Å². The summed E-state index contributed by atoms with van der Waals surface area (Å²) in [6, 6.07) is 7.97. The molecule has 5 nitrogen and oxygen atoms in total. The average Bonchev–Trinajstić information content (AvgIpc) is 2.86. The highest BCUT2D eigenvalue weighted by atomic mass is 32.2. The number of anilines is 1. The monoisotopic (exact) mass is 300 g/mol. The van der Waals surface area contributed by atoms with Crippen molar-refractivity contribution in [3.05, 3.63) is 24.3 Å². The van der Waals surface area contributed by atoms with Crippen molar-refractivity contribution in [3.63, 3.8) is 0 Å².